The van der Waals surface area contributed by atoms with Gasteiger partial charge in [-0.3, -0.25) is 0 Å². The molecule has 1 aliphatic carbocycles. The van der Waals surface area contributed by atoms with Gasteiger partial charge in [-0.15, -0.1) is 29.7 Å². The van der Waals surface area contributed by atoms with Crippen LogP contribution >= 0.6 is 23.1 Å². The van der Waals surface area contributed by atoms with Gasteiger partial charge in [-0.25, -0.2) is 0 Å². The lowest BCUT2D eigenvalue weighted by Crippen LogP contribution is -2.36. The summed E-state index contributed by atoms with van der Waals surface area (Å²) in [5, 5.41) is 6.45. The molecule has 0 saturated carbocycles. The van der Waals surface area contributed by atoms with E-state index in [1.165, 1.54) is 64.0 Å². The lowest BCUT2D eigenvalue weighted by atomic mass is 9.59. The third kappa shape index (κ3) is 10.1. The molecule has 0 saturated heterocycles. The van der Waals surface area contributed by atoms with E-state index in [0.717, 1.165) is 86.0 Å². The molecule has 3 nitrogen and oxygen atoms in total. The van der Waals surface area contributed by atoms with E-state index in [9.17, 15) is 0 Å². The predicted molar refractivity (Wildman–Crippen MR) is 344 cm³/mol. The molecule has 10 aromatic carbocycles. The standard InChI is InChI=1S/C73H57BN3S2/c1-49-27-33-58(34-28-49)75-67-42-44-72-73(63-25-15-16-26-71(63)79-72)65(67)45-56-23-13-14-24-57(56)46-69-50(2)74-66-41-39-61(47-70(66)77(69)68-43-40-62(78-3)48-64(68)55-21-11-6-12-22-55)76(59-35-29-53(30-36-59)51-17-7-4-8-18-51)60-37-31-54(32-38-60)52-19-9-5-10-20-52/h4,6-9,11-44,46-48,75H,2,5,10,45H2,1,3H3/b69-46+. The second-order valence-corrected chi connectivity index (χ2v) is 22.4. The van der Waals surface area contributed by atoms with Gasteiger partial charge in [0.25, 0.3) is 0 Å². The highest BCUT2D eigenvalue weighted by Gasteiger charge is 2.30. The summed E-state index contributed by atoms with van der Waals surface area (Å²) >= 11 is 3.63. The number of allylic oxidation sites excluding steroid dienone is 5. The molecule has 1 aliphatic heterocycles. The fourth-order valence-corrected chi connectivity index (χ4v) is 12.9. The van der Waals surface area contributed by atoms with Gasteiger partial charge in [0.2, 0.25) is 0 Å². The summed E-state index contributed by atoms with van der Waals surface area (Å²) in [6, 6.07) is 84.4. The van der Waals surface area contributed by atoms with E-state index in [1.807, 2.05) is 11.3 Å². The fourth-order valence-electron chi connectivity index (χ4n) is 11.3. The molecule has 0 fully saturated rings. The number of nitrogens with zero attached hydrogens (tertiary/aromatic N) is 2. The number of nitrogens with one attached hydrogen (secondary N) is 1. The molecular weight excluding hydrogens is 994 g/mol. The van der Waals surface area contributed by atoms with Crippen LogP contribution < -0.4 is 20.6 Å². The highest BCUT2D eigenvalue weighted by molar-refractivity contribution is 7.98. The predicted octanol–water partition coefficient (Wildman–Crippen LogP) is 20.0. The van der Waals surface area contributed by atoms with Crippen molar-refractivity contribution in [2.45, 2.75) is 31.1 Å². The molecule has 13 rings (SSSR count). The number of rotatable bonds is 13. The van der Waals surface area contributed by atoms with Crippen molar-refractivity contribution < 1.29 is 0 Å². The highest BCUT2D eigenvalue weighted by atomic mass is 32.2. The molecule has 1 radical (unpaired) electrons. The summed E-state index contributed by atoms with van der Waals surface area (Å²) in [4.78, 5) is 6.08. The number of thiophene rings is 1. The normalized spacial score (nSPS) is 13.6. The number of fused-ring (bicyclic) bond motifs is 4. The lowest BCUT2D eigenvalue weighted by molar-refractivity contribution is 1.04. The zero-order valence-corrected chi connectivity index (χ0v) is 46.0. The number of hydrogen-bond donors (Lipinski definition) is 1. The summed E-state index contributed by atoms with van der Waals surface area (Å²) in [5.41, 5.74) is 22.6. The summed E-state index contributed by atoms with van der Waals surface area (Å²) < 4.78 is 2.58. The first-order valence-electron chi connectivity index (χ1n) is 27.1. The molecule has 0 bridgehead atoms. The number of anilines is 7. The lowest BCUT2D eigenvalue weighted by Gasteiger charge is -2.38. The Morgan fingerprint density at radius 3 is 2.05 bits per heavy atom. The first-order valence-corrected chi connectivity index (χ1v) is 29.2. The van der Waals surface area contributed by atoms with Gasteiger partial charge in [-0.1, -0.05) is 180 Å². The largest absolute Gasteiger partial charge is 0.355 e. The second kappa shape index (κ2) is 21.9. The van der Waals surface area contributed by atoms with E-state index in [1.54, 1.807) is 11.8 Å². The van der Waals surface area contributed by atoms with Crippen molar-refractivity contribution in [1.29, 1.82) is 0 Å². The zero-order chi connectivity index (χ0) is 53.2. The Morgan fingerprint density at radius 1 is 0.620 bits per heavy atom. The topological polar surface area (TPSA) is 18.5 Å². The quantitative estimate of drug-likeness (QED) is 0.0916. The third-order valence-corrected chi connectivity index (χ3v) is 17.2. The van der Waals surface area contributed by atoms with E-state index in [2.05, 4.69) is 290 Å². The maximum atomic E-state index is 4.89. The van der Waals surface area contributed by atoms with Crippen molar-refractivity contribution in [3.63, 3.8) is 0 Å². The van der Waals surface area contributed by atoms with E-state index in [4.69, 9.17) is 6.58 Å². The molecule has 0 amide bonds. The number of aryl methyl sites for hydroxylation is 1. The van der Waals surface area contributed by atoms with Gasteiger partial charge in [0.1, 0.15) is 0 Å². The molecule has 0 atom stereocenters. The highest BCUT2D eigenvalue weighted by Crippen LogP contribution is 2.47. The van der Waals surface area contributed by atoms with Crippen molar-refractivity contribution in [3.8, 4) is 22.3 Å². The van der Waals surface area contributed by atoms with Crippen LogP contribution in [0.15, 0.2) is 271 Å². The zero-order valence-electron chi connectivity index (χ0n) is 44.4. The first kappa shape index (κ1) is 49.7. The van der Waals surface area contributed by atoms with Crippen LogP contribution in [0.25, 0.3) is 54.1 Å². The molecule has 1 N–H and O–H groups in total. The van der Waals surface area contributed by atoms with Crippen molar-refractivity contribution in [1.82, 2.24) is 0 Å². The minimum atomic E-state index is 0.714. The summed E-state index contributed by atoms with van der Waals surface area (Å²) in [7, 11) is 2.27. The van der Waals surface area contributed by atoms with Gasteiger partial charge >= 0.3 is 0 Å². The van der Waals surface area contributed by atoms with Gasteiger partial charge in [-0.05, 0) is 162 Å². The average Bonchev–Trinajstić information content (AvgIpc) is 4.13. The Kier molecular flexibility index (Phi) is 13.8. The molecule has 2 heterocycles. The SMILES string of the molecule is C=C1[B]c2ccc(N(c3ccc(C4=CCCC=C4)cc3)c3ccc(-c4ccccc4)cc3)cc2N(c2ccc(SC)cc2-c2ccccc2)/C1=C/c1ccccc1Cc1c(Nc2ccc(C)cc2)ccc2sc3ccccc3c12. The maximum absolute atomic E-state index is 4.89. The van der Waals surface area contributed by atoms with E-state index in [-0.39, 0.29) is 0 Å². The molecule has 6 heteroatoms. The van der Waals surface area contributed by atoms with Crippen LogP contribution in [0, 0.1) is 6.92 Å². The first-order chi connectivity index (χ1) is 38.9. The van der Waals surface area contributed by atoms with Crippen molar-refractivity contribution in [2.75, 3.05) is 21.4 Å². The van der Waals surface area contributed by atoms with Crippen LogP contribution in [-0.2, 0) is 6.42 Å². The fraction of sp³-hybridized carbons (Fsp3) is 0.0685. The van der Waals surface area contributed by atoms with Gasteiger partial charge in [0, 0.05) is 76.9 Å². The maximum Gasteiger partial charge on any atom is 0.196 e. The molecule has 2 aliphatic rings. The van der Waals surface area contributed by atoms with E-state index in [0.29, 0.717) is 6.42 Å². The molecule has 379 valence electrons. The van der Waals surface area contributed by atoms with Crippen LogP contribution in [-0.4, -0.2) is 13.5 Å². The Balaban J connectivity index is 0.983. The summed E-state index contributed by atoms with van der Waals surface area (Å²) in [6.45, 7) is 7.02. The number of hydrogen-bond acceptors (Lipinski definition) is 5. The smallest absolute Gasteiger partial charge is 0.196 e. The van der Waals surface area contributed by atoms with Crippen molar-refractivity contribution in [3.05, 3.63) is 294 Å². The molecular formula is C73H57BN3S2. The van der Waals surface area contributed by atoms with Crippen molar-refractivity contribution in [2.24, 2.45) is 0 Å². The average molecular weight is 1050 g/mol. The van der Waals surface area contributed by atoms with E-state index < -0.39 is 0 Å². The molecule has 0 spiro atoms. The van der Waals surface area contributed by atoms with E-state index >= 15 is 0 Å². The third-order valence-electron chi connectivity index (χ3n) is 15.3. The Labute approximate surface area is 473 Å². The van der Waals surface area contributed by atoms with Crippen LogP contribution in [0.5, 0.6) is 0 Å². The molecule has 0 unspecified atom stereocenters. The van der Waals surface area contributed by atoms with Gasteiger partial charge in [0.05, 0.1) is 5.69 Å². The molecule has 11 aromatic rings. The second-order valence-electron chi connectivity index (χ2n) is 20.4. The monoisotopic (exact) mass is 1050 g/mol. The number of benzene rings is 10. The molecule has 1 aromatic heterocycles. The van der Waals surface area contributed by atoms with Crippen LogP contribution in [0.1, 0.15) is 40.7 Å². The Morgan fingerprint density at radius 2 is 1.30 bits per heavy atom. The van der Waals surface area contributed by atoms with Crippen LogP contribution in [0.3, 0.4) is 0 Å². The van der Waals surface area contributed by atoms with Gasteiger partial charge in [0.15, 0.2) is 7.28 Å². The molecule has 79 heavy (non-hydrogen) atoms. The van der Waals surface area contributed by atoms with Gasteiger partial charge < -0.3 is 15.1 Å². The van der Waals surface area contributed by atoms with Gasteiger partial charge in [-0.2, -0.15) is 0 Å². The van der Waals surface area contributed by atoms with Crippen LogP contribution in [0.2, 0.25) is 0 Å². The van der Waals surface area contributed by atoms with Crippen LogP contribution in [0.4, 0.5) is 39.8 Å². The van der Waals surface area contributed by atoms with Crippen molar-refractivity contribution >= 4 is 107 Å². The number of thioether (sulfide) groups is 1. The Bertz CT molecular complexity index is 4160. The summed E-state index contributed by atoms with van der Waals surface area (Å²) in [5.74, 6) is 0. The minimum Gasteiger partial charge on any atom is -0.355 e. The minimum absolute atomic E-state index is 0.714. The Hall–Kier alpha value is -8.81. The summed E-state index contributed by atoms with van der Waals surface area (Å²) in [6.07, 6.45) is 14.3.